The van der Waals surface area contributed by atoms with Gasteiger partial charge in [0.05, 0.1) is 16.1 Å². The van der Waals surface area contributed by atoms with Crippen LogP contribution in [0.25, 0.3) is 11.0 Å². The molecule has 0 aliphatic rings. The predicted octanol–water partition coefficient (Wildman–Crippen LogP) is 5.47. The molecule has 0 unspecified atom stereocenters. The van der Waals surface area contributed by atoms with Gasteiger partial charge in [-0.1, -0.05) is 17.7 Å². The van der Waals surface area contributed by atoms with Crippen molar-refractivity contribution >= 4 is 34.2 Å². The Morgan fingerprint density at radius 2 is 1.71 bits per heavy atom. The van der Waals surface area contributed by atoms with E-state index in [-0.39, 0.29) is 10.6 Å². The van der Waals surface area contributed by atoms with Crippen LogP contribution in [-0.2, 0) is 0 Å². The van der Waals surface area contributed by atoms with Gasteiger partial charge in [0.15, 0.2) is 0 Å². The van der Waals surface area contributed by atoms with Crippen LogP contribution < -0.4 is 10.1 Å². The Hall–Kier alpha value is -3.51. The standard InChI is InChI=1S/C21H13ClFN3O2/c22-17-6-4-13(10-18(17)23)21(27)26-14-2-1-3-15(11-14)28-16-5-7-19-20(12-16)25-9-8-24-19/h1-12H,(H,26,27). The molecular weight excluding hydrogens is 381 g/mol. The Morgan fingerprint density at radius 3 is 2.54 bits per heavy atom. The Balaban J connectivity index is 1.52. The summed E-state index contributed by atoms with van der Waals surface area (Å²) in [5.41, 5.74) is 2.17. The van der Waals surface area contributed by atoms with E-state index >= 15 is 0 Å². The van der Waals surface area contributed by atoms with Crippen LogP contribution in [0.2, 0.25) is 5.02 Å². The van der Waals surface area contributed by atoms with Gasteiger partial charge in [0.2, 0.25) is 0 Å². The van der Waals surface area contributed by atoms with Crippen molar-refractivity contribution in [3.05, 3.63) is 89.5 Å². The highest BCUT2D eigenvalue weighted by Gasteiger charge is 2.10. The van der Waals surface area contributed by atoms with E-state index in [1.165, 1.54) is 12.1 Å². The normalized spacial score (nSPS) is 10.6. The largest absolute Gasteiger partial charge is 0.457 e. The summed E-state index contributed by atoms with van der Waals surface area (Å²) in [7, 11) is 0. The van der Waals surface area contributed by atoms with Crippen molar-refractivity contribution in [1.82, 2.24) is 9.97 Å². The number of carbonyl (C=O) groups is 1. The molecule has 28 heavy (non-hydrogen) atoms. The monoisotopic (exact) mass is 393 g/mol. The molecule has 0 saturated carbocycles. The van der Waals surface area contributed by atoms with E-state index in [0.29, 0.717) is 22.7 Å². The molecule has 0 aliphatic heterocycles. The molecule has 0 radical (unpaired) electrons. The lowest BCUT2D eigenvalue weighted by Crippen LogP contribution is -2.12. The van der Waals surface area contributed by atoms with Gasteiger partial charge < -0.3 is 10.1 Å². The van der Waals surface area contributed by atoms with Gasteiger partial charge in [0.1, 0.15) is 17.3 Å². The smallest absolute Gasteiger partial charge is 0.255 e. The van der Waals surface area contributed by atoms with Crippen LogP contribution in [0.5, 0.6) is 11.5 Å². The topological polar surface area (TPSA) is 64.1 Å². The van der Waals surface area contributed by atoms with Crippen molar-refractivity contribution in [3.63, 3.8) is 0 Å². The van der Waals surface area contributed by atoms with E-state index < -0.39 is 11.7 Å². The molecule has 138 valence electrons. The fourth-order valence-corrected chi connectivity index (χ4v) is 2.74. The maximum absolute atomic E-state index is 13.6. The van der Waals surface area contributed by atoms with Crippen molar-refractivity contribution in [1.29, 1.82) is 0 Å². The number of halogens is 2. The zero-order chi connectivity index (χ0) is 19.5. The Morgan fingerprint density at radius 1 is 0.929 bits per heavy atom. The van der Waals surface area contributed by atoms with Crippen LogP contribution in [0.1, 0.15) is 10.4 Å². The summed E-state index contributed by atoms with van der Waals surface area (Å²) in [5.74, 6) is 0.0269. The number of carbonyl (C=O) groups excluding carboxylic acids is 1. The third-order valence-electron chi connectivity index (χ3n) is 3.95. The molecule has 0 fully saturated rings. The molecule has 0 atom stereocenters. The minimum Gasteiger partial charge on any atom is -0.457 e. The van der Waals surface area contributed by atoms with Gasteiger partial charge in [-0.3, -0.25) is 14.8 Å². The maximum atomic E-state index is 13.6. The first-order valence-corrected chi connectivity index (χ1v) is 8.71. The number of aromatic nitrogens is 2. The molecule has 4 rings (SSSR count). The van der Waals surface area contributed by atoms with Crippen molar-refractivity contribution in [2.75, 3.05) is 5.32 Å². The third-order valence-corrected chi connectivity index (χ3v) is 4.26. The molecule has 1 N–H and O–H groups in total. The Bertz CT molecular complexity index is 1180. The molecular formula is C21H13ClFN3O2. The summed E-state index contributed by atoms with van der Waals surface area (Å²) >= 11 is 5.65. The van der Waals surface area contributed by atoms with E-state index in [1.54, 1.807) is 48.8 Å². The van der Waals surface area contributed by atoms with Crippen molar-refractivity contribution in [2.45, 2.75) is 0 Å². The van der Waals surface area contributed by atoms with Crippen LogP contribution in [0.3, 0.4) is 0 Å². The Kier molecular flexibility index (Phi) is 4.87. The quantitative estimate of drug-likeness (QED) is 0.499. The zero-order valence-electron chi connectivity index (χ0n) is 14.4. The van der Waals surface area contributed by atoms with Crippen LogP contribution in [0.4, 0.5) is 10.1 Å². The molecule has 7 heteroatoms. The summed E-state index contributed by atoms with van der Waals surface area (Å²) in [6.45, 7) is 0. The number of rotatable bonds is 4. The third kappa shape index (κ3) is 3.92. The summed E-state index contributed by atoms with van der Waals surface area (Å²) in [6.07, 6.45) is 3.24. The minimum absolute atomic E-state index is 0.0352. The number of fused-ring (bicyclic) bond motifs is 1. The maximum Gasteiger partial charge on any atom is 0.255 e. The fraction of sp³-hybridized carbons (Fsp3) is 0. The molecule has 0 bridgehead atoms. The lowest BCUT2D eigenvalue weighted by atomic mass is 10.2. The fourth-order valence-electron chi connectivity index (χ4n) is 2.62. The number of nitrogens with zero attached hydrogens (tertiary/aromatic N) is 2. The second kappa shape index (κ2) is 7.62. The summed E-state index contributed by atoms with van der Waals surface area (Å²) in [5, 5.41) is 2.67. The van der Waals surface area contributed by atoms with Gasteiger partial charge in [0, 0.05) is 35.8 Å². The average Bonchev–Trinajstić information content (AvgIpc) is 2.70. The van der Waals surface area contributed by atoms with Gasteiger partial charge in [-0.05, 0) is 42.5 Å². The number of benzene rings is 3. The number of ether oxygens (including phenoxy) is 1. The second-order valence-corrected chi connectivity index (χ2v) is 6.33. The number of hydrogen-bond acceptors (Lipinski definition) is 4. The number of hydrogen-bond donors (Lipinski definition) is 1. The van der Waals surface area contributed by atoms with Gasteiger partial charge in [-0.25, -0.2) is 4.39 Å². The lowest BCUT2D eigenvalue weighted by Gasteiger charge is -2.10. The summed E-state index contributed by atoms with van der Waals surface area (Å²) in [6, 6.07) is 16.2. The number of anilines is 1. The van der Waals surface area contributed by atoms with Crippen LogP contribution in [0.15, 0.2) is 73.1 Å². The van der Waals surface area contributed by atoms with Crippen LogP contribution in [0, 0.1) is 5.82 Å². The van der Waals surface area contributed by atoms with Crippen LogP contribution >= 0.6 is 11.6 Å². The van der Waals surface area contributed by atoms with Gasteiger partial charge in [0.25, 0.3) is 5.91 Å². The predicted molar refractivity (Wildman–Crippen MR) is 105 cm³/mol. The van der Waals surface area contributed by atoms with Crippen LogP contribution in [-0.4, -0.2) is 15.9 Å². The first-order valence-electron chi connectivity index (χ1n) is 8.33. The molecule has 4 aromatic rings. The van der Waals surface area contributed by atoms with Crippen molar-refractivity contribution in [2.24, 2.45) is 0 Å². The highest BCUT2D eigenvalue weighted by atomic mass is 35.5. The highest BCUT2D eigenvalue weighted by Crippen LogP contribution is 2.26. The van der Waals surface area contributed by atoms with E-state index in [4.69, 9.17) is 16.3 Å². The molecule has 1 aromatic heterocycles. The molecule has 1 amide bonds. The zero-order valence-corrected chi connectivity index (χ0v) is 15.2. The Labute approximate surface area is 164 Å². The van der Waals surface area contributed by atoms with Gasteiger partial charge >= 0.3 is 0 Å². The first kappa shape index (κ1) is 17.9. The minimum atomic E-state index is -0.647. The molecule has 5 nitrogen and oxygen atoms in total. The van der Waals surface area contributed by atoms with E-state index in [9.17, 15) is 9.18 Å². The molecule has 1 heterocycles. The second-order valence-electron chi connectivity index (χ2n) is 5.92. The molecule has 0 saturated heterocycles. The highest BCUT2D eigenvalue weighted by molar-refractivity contribution is 6.30. The molecule has 3 aromatic carbocycles. The molecule has 0 aliphatic carbocycles. The van der Waals surface area contributed by atoms with Crippen molar-refractivity contribution < 1.29 is 13.9 Å². The average molecular weight is 394 g/mol. The molecule has 0 spiro atoms. The van der Waals surface area contributed by atoms with Gasteiger partial charge in [-0.2, -0.15) is 0 Å². The lowest BCUT2D eigenvalue weighted by molar-refractivity contribution is 0.102. The van der Waals surface area contributed by atoms with E-state index in [1.807, 2.05) is 6.07 Å². The SMILES string of the molecule is O=C(Nc1cccc(Oc2ccc3nccnc3c2)c1)c1ccc(Cl)c(F)c1. The van der Waals surface area contributed by atoms with Crippen molar-refractivity contribution in [3.8, 4) is 11.5 Å². The van der Waals surface area contributed by atoms with E-state index in [2.05, 4.69) is 15.3 Å². The van der Waals surface area contributed by atoms with Gasteiger partial charge in [-0.15, -0.1) is 0 Å². The summed E-state index contributed by atoms with van der Waals surface area (Å²) in [4.78, 5) is 20.8. The number of nitrogens with one attached hydrogen (secondary N) is 1. The number of amides is 1. The van der Waals surface area contributed by atoms with E-state index in [0.717, 1.165) is 11.6 Å². The first-order chi connectivity index (χ1) is 13.6. The summed E-state index contributed by atoms with van der Waals surface area (Å²) < 4.78 is 19.4.